The summed E-state index contributed by atoms with van der Waals surface area (Å²) in [6, 6.07) is 6.05. The molecule has 1 amide bonds. The molecule has 1 fully saturated rings. The highest BCUT2D eigenvalue weighted by molar-refractivity contribution is 6.04. The van der Waals surface area contributed by atoms with E-state index in [0.717, 1.165) is 25.0 Å². The number of carbonyl (C=O) groups is 1. The number of ether oxygens (including phenoxy) is 2. The zero-order chi connectivity index (χ0) is 24.4. The molecule has 11 heteroatoms. The molecule has 1 heterocycles. The van der Waals surface area contributed by atoms with Gasteiger partial charge in [0.05, 0.1) is 18.3 Å². The van der Waals surface area contributed by atoms with E-state index < -0.39 is 30.2 Å². The minimum absolute atomic E-state index is 0.0170. The SMILES string of the molecule is C[C@H](N)c1oc(-c2ccc(OC(F)F)c(OCC3CC3)c2)nc1C(=O)Nc1ccc(F)cc1F. The molecular weight excluding hydrogens is 458 g/mol. The summed E-state index contributed by atoms with van der Waals surface area (Å²) < 4.78 is 68.5. The van der Waals surface area contributed by atoms with Gasteiger partial charge in [0.15, 0.2) is 23.0 Å². The number of alkyl halides is 2. The molecule has 1 aliphatic rings. The van der Waals surface area contributed by atoms with E-state index in [0.29, 0.717) is 24.2 Å². The minimum atomic E-state index is -3.04. The molecule has 0 radical (unpaired) electrons. The van der Waals surface area contributed by atoms with Gasteiger partial charge >= 0.3 is 6.61 Å². The highest BCUT2D eigenvalue weighted by Crippen LogP contribution is 2.37. The molecular formula is C23H21F4N3O4. The van der Waals surface area contributed by atoms with Crippen LogP contribution in [-0.2, 0) is 0 Å². The summed E-state index contributed by atoms with van der Waals surface area (Å²) in [7, 11) is 0. The number of hydrogen-bond acceptors (Lipinski definition) is 6. The van der Waals surface area contributed by atoms with Crippen molar-refractivity contribution in [1.29, 1.82) is 0 Å². The van der Waals surface area contributed by atoms with Gasteiger partial charge in [-0.3, -0.25) is 4.79 Å². The van der Waals surface area contributed by atoms with Crippen LogP contribution in [0.1, 0.15) is 42.1 Å². The Morgan fingerprint density at radius 1 is 1.21 bits per heavy atom. The maximum Gasteiger partial charge on any atom is 0.387 e. The number of benzene rings is 2. The van der Waals surface area contributed by atoms with Gasteiger partial charge in [-0.15, -0.1) is 0 Å². The zero-order valence-electron chi connectivity index (χ0n) is 18.0. The number of amides is 1. The third kappa shape index (κ3) is 5.48. The van der Waals surface area contributed by atoms with Crippen LogP contribution in [0.5, 0.6) is 11.5 Å². The van der Waals surface area contributed by atoms with Crippen molar-refractivity contribution in [2.45, 2.75) is 32.4 Å². The average Bonchev–Trinajstić information content (AvgIpc) is 3.49. The molecule has 1 atom stereocenters. The normalized spacial score (nSPS) is 14.2. The molecule has 1 aromatic heterocycles. The molecule has 3 N–H and O–H groups in total. The van der Waals surface area contributed by atoms with Crippen molar-refractivity contribution in [2.24, 2.45) is 11.7 Å². The average molecular weight is 479 g/mol. The van der Waals surface area contributed by atoms with Gasteiger partial charge in [0.1, 0.15) is 11.6 Å². The lowest BCUT2D eigenvalue weighted by Gasteiger charge is -2.12. The minimum Gasteiger partial charge on any atom is -0.489 e. The molecule has 3 aromatic rings. The fourth-order valence-corrected chi connectivity index (χ4v) is 3.14. The number of rotatable bonds is 9. The molecule has 0 bridgehead atoms. The van der Waals surface area contributed by atoms with Crippen LogP contribution >= 0.6 is 0 Å². The van der Waals surface area contributed by atoms with Crippen molar-refractivity contribution in [3.63, 3.8) is 0 Å². The van der Waals surface area contributed by atoms with Gasteiger partial charge in [-0.2, -0.15) is 8.78 Å². The van der Waals surface area contributed by atoms with Gasteiger partial charge in [0.2, 0.25) is 5.89 Å². The summed E-state index contributed by atoms with van der Waals surface area (Å²) in [5, 5.41) is 2.31. The summed E-state index contributed by atoms with van der Waals surface area (Å²) in [6.45, 7) is -1.14. The molecule has 0 spiro atoms. The first kappa shape index (κ1) is 23.6. The molecule has 2 aromatic carbocycles. The molecule has 1 saturated carbocycles. The number of nitrogens with one attached hydrogen (secondary N) is 1. The van der Waals surface area contributed by atoms with E-state index in [1.165, 1.54) is 18.2 Å². The van der Waals surface area contributed by atoms with E-state index in [4.69, 9.17) is 14.9 Å². The van der Waals surface area contributed by atoms with Crippen LogP contribution in [0.25, 0.3) is 11.5 Å². The van der Waals surface area contributed by atoms with Crippen molar-refractivity contribution in [1.82, 2.24) is 4.98 Å². The summed E-state index contributed by atoms with van der Waals surface area (Å²) in [5.41, 5.74) is 5.78. The van der Waals surface area contributed by atoms with E-state index in [9.17, 15) is 22.4 Å². The Morgan fingerprint density at radius 2 is 1.97 bits per heavy atom. The number of halogens is 4. The third-order valence-corrected chi connectivity index (χ3v) is 5.04. The quantitative estimate of drug-likeness (QED) is 0.405. The highest BCUT2D eigenvalue weighted by atomic mass is 19.3. The number of oxazole rings is 1. The summed E-state index contributed by atoms with van der Waals surface area (Å²) in [5.74, 6) is -2.32. The Hall–Kier alpha value is -3.60. The van der Waals surface area contributed by atoms with Gasteiger partial charge in [0.25, 0.3) is 5.91 Å². The molecule has 1 aliphatic carbocycles. The van der Waals surface area contributed by atoms with E-state index in [1.807, 2.05) is 0 Å². The van der Waals surface area contributed by atoms with Crippen LogP contribution < -0.4 is 20.5 Å². The number of hydrogen-bond donors (Lipinski definition) is 2. The molecule has 34 heavy (non-hydrogen) atoms. The van der Waals surface area contributed by atoms with Crippen molar-refractivity contribution >= 4 is 11.6 Å². The maximum absolute atomic E-state index is 14.0. The van der Waals surface area contributed by atoms with E-state index in [2.05, 4.69) is 15.0 Å². The maximum atomic E-state index is 14.0. The Kier molecular flexibility index (Phi) is 6.73. The molecule has 0 saturated heterocycles. The second kappa shape index (κ2) is 9.72. The van der Waals surface area contributed by atoms with Gasteiger partial charge < -0.3 is 24.9 Å². The number of nitrogens with two attached hydrogens (primary N) is 1. The lowest BCUT2D eigenvalue weighted by molar-refractivity contribution is -0.0515. The van der Waals surface area contributed by atoms with Crippen molar-refractivity contribution in [2.75, 3.05) is 11.9 Å². The predicted octanol–water partition coefficient (Wildman–Crippen LogP) is 5.28. The van der Waals surface area contributed by atoms with Crippen molar-refractivity contribution in [3.8, 4) is 23.0 Å². The second-order valence-corrected chi connectivity index (χ2v) is 7.89. The van der Waals surface area contributed by atoms with Crippen molar-refractivity contribution in [3.05, 3.63) is 59.5 Å². The Bertz CT molecular complexity index is 1190. The first-order valence-corrected chi connectivity index (χ1v) is 10.5. The van der Waals surface area contributed by atoms with Crippen LogP contribution in [-0.4, -0.2) is 24.1 Å². The monoisotopic (exact) mass is 479 g/mol. The number of aromatic nitrogens is 1. The Balaban J connectivity index is 1.64. The molecule has 7 nitrogen and oxygen atoms in total. The Morgan fingerprint density at radius 3 is 2.62 bits per heavy atom. The Labute approximate surface area is 191 Å². The van der Waals surface area contributed by atoms with Crippen LogP contribution in [0.4, 0.5) is 23.2 Å². The molecule has 0 aliphatic heterocycles. The second-order valence-electron chi connectivity index (χ2n) is 7.89. The van der Waals surface area contributed by atoms with E-state index in [1.54, 1.807) is 6.92 Å². The van der Waals surface area contributed by atoms with Gasteiger partial charge in [0, 0.05) is 11.6 Å². The molecule has 180 valence electrons. The first-order chi connectivity index (χ1) is 16.2. The number of nitrogens with zero attached hydrogens (tertiary/aromatic N) is 1. The fraction of sp³-hybridized carbons (Fsp3) is 0.304. The summed E-state index contributed by atoms with van der Waals surface area (Å²) in [6.07, 6.45) is 1.99. The lowest BCUT2D eigenvalue weighted by Crippen LogP contribution is -2.18. The first-order valence-electron chi connectivity index (χ1n) is 10.5. The standard InChI is InChI=1S/C23H21F4N3O4/c1-11(28)20-19(21(31)29-16-6-5-14(24)9-15(16)25)30-22(34-20)13-4-7-17(33-23(26)27)18(8-13)32-10-12-2-3-12/h4-9,11-12,23H,2-3,10,28H2,1H3,(H,29,31)/t11-/m0/s1. The largest absolute Gasteiger partial charge is 0.489 e. The fourth-order valence-electron chi connectivity index (χ4n) is 3.14. The number of carbonyl (C=O) groups excluding carboxylic acids is 1. The van der Waals surface area contributed by atoms with Crippen LogP contribution in [0.2, 0.25) is 0 Å². The number of anilines is 1. The van der Waals surface area contributed by atoms with E-state index >= 15 is 0 Å². The van der Waals surface area contributed by atoms with Crippen LogP contribution in [0.3, 0.4) is 0 Å². The highest BCUT2D eigenvalue weighted by Gasteiger charge is 2.26. The molecule has 4 rings (SSSR count). The van der Waals surface area contributed by atoms with Crippen molar-refractivity contribution < 1.29 is 36.2 Å². The summed E-state index contributed by atoms with van der Waals surface area (Å²) in [4.78, 5) is 17.0. The molecule has 0 unspecified atom stereocenters. The van der Waals surface area contributed by atoms with Crippen LogP contribution in [0.15, 0.2) is 40.8 Å². The van der Waals surface area contributed by atoms with Gasteiger partial charge in [-0.1, -0.05) is 0 Å². The zero-order valence-corrected chi connectivity index (χ0v) is 18.0. The summed E-state index contributed by atoms with van der Waals surface area (Å²) >= 11 is 0. The predicted molar refractivity (Wildman–Crippen MR) is 114 cm³/mol. The third-order valence-electron chi connectivity index (χ3n) is 5.04. The van der Waals surface area contributed by atoms with E-state index in [-0.39, 0.29) is 34.5 Å². The van der Waals surface area contributed by atoms with Gasteiger partial charge in [-0.05, 0) is 56.0 Å². The van der Waals surface area contributed by atoms with Gasteiger partial charge in [-0.25, -0.2) is 13.8 Å². The van der Waals surface area contributed by atoms with Crippen LogP contribution in [0, 0.1) is 17.6 Å². The lowest BCUT2D eigenvalue weighted by atomic mass is 10.2. The smallest absolute Gasteiger partial charge is 0.387 e. The topological polar surface area (TPSA) is 99.6 Å².